The Morgan fingerprint density at radius 2 is 2.04 bits per heavy atom. The number of carbonyl (C=O) groups excluding carboxylic acids is 1. The van der Waals surface area contributed by atoms with Gasteiger partial charge in [0.15, 0.2) is 0 Å². The van der Waals surface area contributed by atoms with Crippen molar-refractivity contribution in [1.29, 1.82) is 5.26 Å². The molecular weight excluding hydrogens is 342 g/mol. The van der Waals surface area contributed by atoms with E-state index in [0.29, 0.717) is 37.9 Å². The average Bonchev–Trinajstić information content (AvgIpc) is 3.28. The van der Waals surface area contributed by atoms with E-state index < -0.39 is 0 Å². The second-order valence-electron chi connectivity index (χ2n) is 6.92. The van der Waals surface area contributed by atoms with Crippen LogP contribution in [0, 0.1) is 11.3 Å². The predicted molar refractivity (Wildman–Crippen MR) is 98.7 cm³/mol. The lowest BCUT2D eigenvalue weighted by atomic mass is 10.1. The number of aromatic nitrogens is 2. The minimum Gasteiger partial charge on any atom is -0.449 e. The molecule has 1 aromatic carbocycles. The molecule has 4 rings (SSSR count). The summed E-state index contributed by atoms with van der Waals surface area (Å²) in [6.45, 7) is 1.15. The van der Waals surface area contributed by atoms with E-state index in [1.165, 1.54) is 11.1 Å². The lowest BCUT2D eigenvalue weighted by Crippen LogP contribution is -2.26. The molecule has 0 atom stereocenters. The molecule has 7 heteroatoms. The summed E-state index contributed by atoms with van der Waals surface area (Å²) < 4.78 is 5.20. The van der Waals surface area contributed by atoms with Crippen LogP contribution >= 0.6 is 0 Å². The molecule has 1 aromatic heterocycles. The summed E-state index contributed by atoms with van der Waals surface area (Å²) in [5.74, 6) is 0.607. The normalized spacial score (nSPS) is 15.1. The third kappa shape index (κ3) is 3.85. The van der Waals surface area contributed by atoms with Gasteiger partial charge in [0.1, 0.15) is 0 Å². The highest BCUT2D eigenvalue weighted by atomic mass is 16.6. The van der Waals surface area contributed by atoms with Crippen LogP contribution < -0.4 is 5.32 Å². The summed E-state index contributed by atoms with van der Waals surface area (Å²) in [6.07, 6.45) is 4.30. The van der Waals surface area contributed by atoms with Crippen molar-refractivity contribution in [3.8, 4) is 6.07 Å². The molecule has 1 aliphatic heterocycles. The summed E-state index contributed by atoms with van der Waals surface area (Å²) in [5.41, 5.74) is 4.56. The maximum atomic E-state index is 12.1. The monoisotopic (exact) mass is 363 g/mol. The maximum Gasteiger partial charge on any atom is 0.410 e. The molecule has 2 heterocycles. The molecule has 2 aliphatic rings. The Bertz CT molecular complexity index is 867. The quantitative estimate of drug-likeness (QED) is 0.822. The molecule has 1 N–H and O–H groups in total. The number of anilines is 1. The van der Waals surface area contributed by atoms with Gasteiger partial charge in [-0.15, -0.1) is 0 Å². The van der Waals surface area contributed by atoms with E-state index in [9.17, 15) is 4.79 Å². The topological polar surface area (TPSA) is 91.1 Å². The Hall–Kier alpha value is -3.14. The molecule has 1 amide bonds. The van der Waals surface area contributed by atoms with E-state index in [1.54, 1.807) is 11.1 Å². The van der Waals surface area contributed by atoms with Gasteiger partial charge in [0.05, 0.1) is 31.5 Å². The number of ether oxygens (including phenoxy) is 1. The van der Waals surface area contributed by atoms with Gasteiger partial charge in [-0.3, -0.25) is 4.90 Å². The smallest absolute Gasteiger partial charge is 0.410 e. The molecule has 0 fully saturated rings. The van der Waals surface area contributed by atoms with Gasteiger partial charge in [-0.1, -0.05) is 24.3 Å². The molecule has 0 saturated heterocycles. The zero-order valence-electron chi connectivity index (χ0n) is 15.0. The van der Waals surface area contributed by atoms with Gasteiger partial charge >= 0.3 is 6.09 Å². The first-order chi connectivity index (χ1) is 13.2. The van der Waals surface area contributed by atoms with Crippen LogP contribution in [0.5, 0.6) is 0 Å². The van der Waals surface area contributed by atoms with E-state index >= 15 is 0 Å². The largest absolute Gasteiger partial charge is 0.449 e. The molecule has 1 aliphatic carbocycles. The van der Waals surface area contributed by atoms with Gasteiger partial charge < -0.3 is 10.1 Å². The fourth-order valence-electron chi connectivity index (χ4n) is 3.60. The highest BCUT2D eigenvalue weighted by Crippen LogP contribution is 2.25. The van der Waals surface area contributed by atoms with Crippen LogP contribution in [-0.4, -0.2) is 33.6 Å². The highest BCUT2D eigenvalue weighted by Gasteiger charge is 2.27. The van der Waals surface area contributed by atoms with Crippen molar-refractivity contribution in [3.63, 3.8) is 0 Å². The second-order valence-corrected chi connectivity index (χ2v) is 6.92. The third-order valence-electron chi connectivity index (χ3n) is 4.96. The molecule has 27 heavy (non-hydrogen) atoms. The summed E-state index contributed by atoms with van der Waals surface area (Å²) in [7, 11) is 0. The lowest BCUT2D eigenvalue weighted by Gasteiger charge is -2.14. The number of unbranched alkanes of at least 4 members (excludes halogenated alkanes) is 1. The zero-order chi connectivity index (χ0) is 18.6. The Balaban J connectivity index is 1.34. The van der Waals surface area contributed by atoms with Gasteiger partial charge in [0.25, 0.3) is 0 Å². The Kier molecular flexibility index (Phi) is 4.88. The first-order valence-electron chi connectivity index (χ1n) is 9.19. The number of benzene rings is 1. The van der Waals surface area contributed by atoms with Gasteiger partial charge in [-0.05, 0) is 30.4 Å². The fourth-order valence-corrected chi connectivity index (χ4v) is 3.60. The van der Waals surface area contributed by atoms with Crippen LogP contribution in [0.25, 0.3) is 0 Å². The van der Waals surface area contributed by atoms with Crippen molar-refractivity contribution in [2.24, 2.45) is 0 Å². The van der Waals surface area contributed by atoms with Crippen LogP contribution in [0.15, 0.2) is 30.5 Å². The van der Waals surface area contributed by atoms with Crippen LogP contribution in [0.3, 0.4) is 0 Å². The molecule has 7 nitrogen and oxygen atoms in total. The van der Waals surface area contributed by atoms with Crippen LogP contribution in [0.2, 0.25) is 0 Å². The number of hydrogen-bond acceptors (Lipinski definition) is 6. The number of nitrogens with zero attached hydrogens (tertiary/aromatic N) is 4. The van der Waals surface area contributed by atoms with Crippen LogP contribution in [0.4, 0.5) is 10.7 Å². The van der Waals surface area contributed by atoms with Crippen molar-refractivity contribution in [2.75, 3.05) is 11.9 Å². The van der Waals surface area contributed by atoms with Gasteiger partial charge in [0, 0.05) is 24.2 Å². The van der Waals surface area contributed by atoms with Gasteiger partial charge in [-0.2, -0.15) is 5.26 Å². The Morgan fingerprint density at radius 3 is 2.78 bits per heavy atom. The number of hydrogen-bond donors (Lipinski definition) is 1. The number of rotatable bonds is 5. The first-order valence-corrected chi connectivity index (χ1v) is 9.19. The van der Waals surface area contributed by atoms with E-state index in [4.69, 9.17) is 10.00 Å². The lowest BCUT2D eigenvalue weighted by molar-refractivity contribution is 0.101. The van der Waals surface area contributed by atoms with E-state index in [1.807, 2.05) is 6.07 Å². The Morgan fingerprint density at radius 1 is 1.26 bits per heavy atom. The molecule has 0 unspecified atom stereocenters. The second kappa shape index (κ2) is 7.62. The van der Waals surface area contributed by atoms with Crippen molar-refractivity contribution < 1.29 is 9.53 Å². The number of carbonyl (C=O) groups is 1. The van der Waals surface area contributed by atoms with E-state index in [-0.39, 0.29) is 12.7 Å². The SMILES string of the molecule is N#CCCCOC(=O)N1Cc2cnc(NC3Cc4ccccc4C3)nc2C1. The van der Waals surface area contributed by atoms with Crippen molar-refractivity contribution in [3.05, 3.63) is 52.8 Å². The third-order valence-corrected chi connectivity index (χ3v) is 4.96. The average molecular weight is 363 g/mol. The summed E-state index contributed by atoms with van der Waals surface area (Å²) >= 11 is 0. The van der Waals surface area contributed by atoms with Crippen molar-refractivity contribution in [2.45, 2.75) is 44.8 Å². The van der Waals surface area contributed by atoms with Crippen LogP contribution in [0.1, 0.15) is 35.2 Å². The molecule has 2 aromatic rings. The van der Waals surface area contributed by atoms with E-state index in [2.05, 4.69) is 39.6 Å². The van der Waals surface area contributed by atoms with Gasteiger partial charge in [-0.25, -0.2) is 14.8 Å². The Labute approximate surface area is 158 Å². The zero-order valence-corrected chi connectivity index (χ0v) is 15.0. The molecule has 0 saturated carbocycles. The molecule has 0 radical (unpaired) electrons. The molecule has 0 bridgehead atoms. The maximum absolute atomic E-state index is 12.1. The number of amides is 1. The van der Waals surface area contributed by atoms with E-state index in [0.717, 1.165) is 24.1 Å². The number of nitriles is 1. The number of nitrogens with one attached hydrogen (secondary N) is 1. The minimum atomic E-state index is -0.369. The van der Waals surface area contributed by atoms with Crippen LogP contribution in [-0.2, 0) is 30.7 Å². The fraction of sp³-hybridized carbons (Fsp3) is 0.400. The summed E-state index contributed by atoms with van der Waals surface area (Å²) in [4.78, 5) is 22.8. The standard InChI is InChI=1S/C20H21N5O2/c21-7-3-4-8-27-20(26)25-12-16-11-22-19(24-18(16)13-25)23-17-9-14-5-1-2-6-15(14)10-17/h1-2,5-6,11,17H,3-4,8-10,12-13H2,(H,22,23,24). The molecular formula is C20H21N5O2. The highest BCUT2D eigenvalue weighted by molar-refractivity contribution is 5.68. The first kappa shape index (κ1) is 17.3. The molecule has 138 valence electrons. The minimum absolute atomic E-state index is 0.264. The number of fused-ring (bicyclic) bond motifs is 2. The van der Waals surface area contributed by atoms with Crippen molar-refractivity contribution in [1.82, 2.24) is 14.9 Å². The summed E-state index contributed by atoms with van der Waals surface area (Å²) in [5, 5.41) is 11.9. The predicted octanol–water partition coefficient (Wildman–Crippen LogP) is 2.81. The summed E-state index contributed by atoms with van der Waals surface area (Å²) in [6, 6.07) is 10.8. The molecule has 0 spiro atoms. The van der Waals surface area contributed by atoms with Crippen molar-refractivity contribution >= 4 is 12.0 Å². The van der Waals surface area contributed by atoms with Gasteiger partial charge in [0.2, 0.25) is 5.95 Å².